The van der Waals surface area contributed by atoms with Gasteiger partial charge >= 0.3 is 0 Å². The van der Waals surface area contributed by atoms with Crippen LogP contribution in [0.5, 0.6) is 0 Å². The molecule has 1 heterocycles. The fourth-order valence-corrected chi connectivity index (χ4v) is 7.83. The second-order valence-corrected chi connectivity index (χ2v) is 10.5. The lowest BCUT2D eigenvalue weighted by atomic mass is 9.47. The average molecular weight is 375 g/mol. The molecule has 5 aliphatic rings. The van der Waals surface area contributed by atoms with Gasteiger partial charge in [-0.2, -0.15) is 0 Å². The molecule has 1 saturated heterocycles. The fourth-order valence-electron chi connectivity index (χ4n) is 7.83. The van der Waals surface area contributed by atoms with Gasteiger partial charge in [0.15, 0.2) is 5.79 Å². The smallest absolute Gasteiger partial charge is 0.172 e. The highest BCUT2D eigenvalue weighted by atomic mass is 16.7. The Labute approximate surface area is 165 Å². The Kier molecular flexibility index (Phi) is 4.53. The first-order valence-corrected chi connectivity index (χ1v) is 11.6. The molecule has 0 unspecified atom stereocenters. The summed E-state index contributed by atoms with van der Waals surface area (Å²) in [6, 6.07) is 0. The monoisotopic (exact) mass is 374 g/mol. The largest absolute Gasteiger partial charge is 0.378 e. The van der Waals surface area contributed by atoms with Crippen LogP contribution in [0.1, 0.15) is 78.6 Å². The Balaban J connectivity index is 1.39. The van der Waals surface area contributed by atoms with Crippen LogP contribution in [0.15, 0.2) is 11.6 Å². The van der Waals surface area contributed by atoms with Crippen LogP contribution in [0.4, 0.5) is 0 Å². The minimum atomic E-state index is -0.284. The highest BCUT2D eigenvalue weighted by Gasteiger charge is 2.60. The Morgan fingerprint density at radius 2 is 1.85 bits per heavy atom. The topological polar surface area (TPSA) is 27.7 Å². The van der Waals surface area contributed by atoms with Crippen molar-refractivity contribution in [1.82, 2.24) is 0 Å². The molecule has 0 N–H and O–H groups in total. The van der Waals surface area contributed by atoms with Gasteiger partial charge in [-0.25, -0.2) is 0 Å². The van der Waals surface area contributed by atoms with Crippen molar-refractivity contribution in [2.75, 3.05) is 19.8 Å². The molecule has 0 amide bonds. The molecule has 4 aliphatic carbocycles. The van der Waals surface area contributed by atoms with E-state index in [-0.39, 0.29) is 5.79 Å². The van der Waals surface area contributed by atoms with Gasteiger partial charge in [0.1, 0.15) is 0 Å². The van der Waals surface area contributed by atoms with E-state index in [4.69, 9.17) is 14.2 Å². The van der Waals surface area contributed by atoms with Crippen molar-refractivity contribution < 1.29 is 14.2 Å². The van der Waals surface area contributed by atoms with Crippen LogP contribution in [0.25, 0.3) is 0 Å². The molecule has 5 rings (SSSR count). The molecule has 0 bridgehead atoms. The molecule has 0 aromatic carbocycles. The number of hydrogen-bond donors (Lipinski definition) is 0. The molecule has 3 heteroatoms. The van der Waals surface area contributed by atoms with E-state index in [1.165, 1.54) is 38.5 Å². The molecular weight excluding hydrogens is 336 g/mol. The van der Waals surface area contributed by atoms with Crippen LogP contribution in [-0.4, -0.2) is 31.7 Å². The summed E-state index contributed by atoms with van der Waals surface area (Å²) in [5.74, 6) is 2.27. The van der Waals surface area contributed by atoms with E-state index < -0.39 is 0 Å². The third-order valence-corrected chi connectivity index (χ3v) is 9.36. The molecule has 3 saturated carbocycles. The first-order valence-electron chi connectivity index (χ1n) is 11.6. The number of allylic oxidation sites excluding steroid dienone is 1. The van der Waals surface area contributed by atoms with Crippen LogP contribution < -0.4 is 0 Å². The normalized spacial score (nSPS) is 48.0. The quantitative estimate of drug-likeness (QED) is 0.612. The average Bonchev–Trinajstić information content (AvgIpc) is 3.25. The standard InChI is InChI=1S/C24H38O3/c1-4-13-25-21-8-7-19-18-6-5-17-16-24(26-14-15-27-24)12-11-22(17,2)20(18)9-10-23(19,21)3/h5,18-21H,4,6-16H2,1-3H3/t18-,19-,20-,21-,22+,23+/m1/s1. The highest BCUT2D eigenvalue weighted by Crippen LogP contribution is 2.66. The third kappa shape index (κ3) is 2.71. The zero-order chi connectivity index (χ0) is 18.7. The molecule has 0 aromatic heterocycles. The van der Waals surface area contributed by atoms with Gasteiger partial charge in [0, 0.05) is 19.4 Å². The molecule has 0 radical (unpaired) electrons. The minimum absolute atomic E-state index is 0.284. The summed E-state index contributed by atoms with van der Waals surface area (Å²) in [4.78, 5) is 0. The van der Waals surface area contributed by atoms with Crippen molar-refractivity contribution in [2.24, 2.45) is 28.6 Å². The summed E-state index contributed by atoms with van der Waals surface area (Å²) in [6.07, 6.45) is 14.2. The van der Waals surface area contributed by atoms with E-state index in [2.05, 4.69) is 26.8 Å². The molecule has 27 heavy (non-hydrogen) atoms. The fraction of sp³-hybridized carbons (Fsp3) is 0.917. The lowest BCUT2D eigenvalue weighted by Gasteiger charge is -2.58. The molecule has 3 nitrogen and oxygen atoms in total. The zero-order valence-corrected chi connectivity index (χ0v) is 17.6. The van der Waals surface area contributed by atoms with Gasteiger partial charge in [-0.05, 0) is 73.5 Å². The van der Waals surface area contributed by atoms with E-state index in [1.54, 1.807) is 5.57 Å². The Morgan fingerprint density at radius 1 is 1.04 bits per heavy atom. The van der Waals surface area contributed by atoms with Crippen LogP contribution in [0.2, 0.25) is 0 Å². The Hall–Kier alpha value is -0.380. The van der Waals surface area contributed by atoms with Crippen molar-refractivity contribution in [3.63, 3.8) is 0 Å². The van der Waals surface area contributed by atoms with E-state index in [1.807, 2.05) is 0 Å². The van der Waals surface area contributed by atoms with Crippen molar-refractivity contribution in [2.45, 2.75) is 90.4 Å². The molecule has 6 atom stereocenters. The maximum absolute atomic E-state index is 6.35. The van der Waals surface area contributed by atoms with Crippen molar-refractivity contribution in [1.29, 1.82) is 0 Å². The maximum atomic E-state index is 6.35. The van der Waals surface area contributed by atoms with Crippen molar-refractivity contribution >= 4 is 0 Å². The number of rotatable bonds is 3. The Morgan fingerprint density at radius 3 is 2.63 bits per heavy atom. The first kappa shape index (κ1) is 18.6. The number of hydrogen-bond acceptors (Lipinski definition) is 3. The van der Waals surface area contributed by atoms with Crippen LogP contribution in [0.3, 0.4) is 0 Å². The van der Waals surface area contributed by atoms with E-state index in [0.717, 1.165) is 56.8 Å². The van der Waals surface area contributed by atoms with Crippen LogP contribution in [-0.2, 0) is 14.2 Å². The lowest BCUT2D eigenvalue weighted by molar-refractivity contribution is -0.186. The van der Waals surface area contributed by atoms with Crippen molar-refractivity contribution in [3.8, 4) is 0 Å². The predicted octanol–water partition coefficient (Wildman–Crippen LogP) is 5.49. The van der Waals surface area contributed by atoms with E-state index in [0.29, 0.717) is 16.9 Å². The number of ether oxygens (including phenoxy) is 3. The van der Waals surface area contributed by atoms with Gasteiger partial charge in [0.25, 0.3) is 0 Å². The number of fused-ring (bicyclic) bond motifs is 5. The van der Waals surface area contributed by atoms with Gasteiger partial charge < -0.3 is 14.2 Å². The first-order chi connectivity index (χ1) is 13.0. The highest BCUT2D eigenvalue weighted by molar-refractivity contribution is 5.26. The molecule has 4 fully saturated rings. The second kappa shape index (κ2) is 6.57. The molecular formula is C24H38O3. The van der Waals surface area contributed by atoms with Crippen LogP contribution in [0, 0.1) is 28.6 Å². The summed E-state index contributed by atoms with van der Waals surface area (Å²) in [6.45, 7) is 9.84. The molecule has 1 aliphatic heterocycles. The Bertz CT molecular complexity index is 607. The third-order valence-electron chi connectivity index (χ3n) is 9.36. The maximum Gasteiger partial charge on any atom is 0.172 e. The predicted molar refractivity (Wildman–Crippen MR) is 106 cm³/mol. The van der Waals surface area contributed by atoms with Gasteiger partial charge in [0.05, 0.1) is 19.3 Å². The second-order valence-electron chi connectivity index (χ2n) is 10.5. The zero-order valence-electron chi connectivity index (χ0n) is 17.6. The summed E-state index contributed by atoms with van der Waals surface area (Å²) < 4.78 is 18.5. The SMILES string of the molecule is CCCO[C@@H]1CC[C@@H]2[C@H]3CC=C4CC5(CC[C@]4(C)[C@@H]3CC[C@@]21C)OCCO5. The van der Waals surface area contributed by atoms with Gasteiger partial charge in [-0.1, -0.05) is 32.4 Å². The van der Waals surface area contributed by atoms with Crippen molar-refractivity contribution in [3.05, 3.63) is 11.6 Å². The van der Waals surface area contributed by atoms with Crippen LogP contribution >= 0.6 is 0 Å². The van der Waals surface area contributed by atoms with Gasteiger partial charge in [-0.15, -0.1) is 0 Å². The summed E-state index contributed by atoms with van der Waals surface area (Å²) in [5.41, 5.74) is 2.43. The summed E-state index contributed by atoms with van der Waals surface area (Å²) in [7, 11) is 0. The van der Waals surface area contributed by atoms with Gasteiger partial charge in [0.2, 0.25) is 0 Å². The molecule has 152 valence electrons. The van der Waals surface area contributed by atoms with E-state index in [9.17, 15) is 0 Å². The minimum Gasteiger partial charge on any atom is -0.378 e. The lowest BCUT2D eigenvalue weighted by Crippen LogP contribution is -2.53. The van der Waals surface area contributed by atoms with E-state index >= 15 is 0 Å². The summed E-state index contributed by atoms with van der Waals surface area (Å²) >= 11 is 0. The molecule has 1 spiro atoms. The molecule has 0 aromatic rings. The van der Waals surface area contributed by atoms with Gasteiger partial charge in [-0.3, -0.25) is 0 Å². The summed E-state index contributed by atoms with van der Waals surface area (Å²) in [5, 5.41) is 0.